The average Bonchev–Trinajstić information content (AvgIpc) is 2.85. The maximum absolute atomic E-state index is 13.2. The molecule has 2 aromatic rings. The lowest BCUT2D eigenvalue weighted by Crippen LogP contribution is -2.40. The van der Waals surface area contributed by atoms with Crippen molar-refractivity contribution in [1.29, 1.82) is 0 Å². The monoisotopic (exact) mass is 497 g/mol. The van der Waals surface area contributed by atoms with E-state index in [-0.39, 0.29) is 29.3 Å². The molecular weight excluding hydrogens is 472 g/mol. The zero-order valence-corrected chi connectivity index (χ0v) is 19.1. The number of ether oxygens (including phenoxy) is 3. The van der Waals surface area contributed by atoms with E-state index in [1.807, 2.05) is 4.90 Å². The Bertz CT molecular complexity index is 1100. The highest BCUT2D eigenvalue weighted by molar-refractivity contribution is 7.89. The third kappa shape index (κ3) is 5.63. The topological polar surface area (TPSA) is 97.4 Å². The molecule has 9 nitrogen and oxygen atoms in total. The molecule has 4 rings (SSSR count). The van der Waals surface area contributed by atoms with Crippen LogP contribution in [0.25, 0.3) is 0 Å². The van der Waals surface area contributed by atoms with Crippen LogP contribution >= 0.6 is 0 Å². The number of benzene rings is 2. The number of carbonyl (C=O) groups is 1. The molecule has 0 atom stereocenters. The molecule has 0 bridgehead atoms. The molecule has 1 amide bonds. The predicted molar refractivity (Wildman–Crippen MR) is 120 cm³/mol. The van der Waals surface area contributed by atoms with E-state index in [4.69, 9.17) is 9.47 Å². The van der Waals surface area contributed by atoms with Gasteiger partial charge in [-0.25, -0.2) is 8.42 Å². The average molecular weight is 498 g/mol. The number of hydrogen-bond donors (Lipinski definition) is 1. The molecule has 12 heteroatoms. The summed E-state index contributed by atoms with van der Waals surface area (Å²) in [6.45, 7) is 0.354. The van der Waals surface area contributed by atoms with E-state index >= 15 is 0 Å². The van der Waals surface area contributed by atoms with Gasteiger partial charge in [0.2, 0.25) is 10.0 Å². The number of anilines is 2. The third-order valence-electron chi connectivity index (χ3n) is 5.52. The highest BCUT2D eigenvalue weighted by Crippen LogP contribution is 2.31. The minimum atomic E-state index is -3.78. The Morgan fingerprint density at radius 1 is 0.941 bits per heavy atom. The molecule has 2 aromatic carbocycles. The van der Waals surface area contributed by atoms with E-state index in [1.54, 1.807) is 6.07 Å². The summed E-state index contributed by atoms with van der Waals surface area (Å²) < 4.78 is 67.4. The largest absolute Gasteiger partial charge is 0.435 e. The van der Waals surface area contributed by atoms with E-state index in [0.717, 1.165) is 0 Å². The summed E-state index contributed by atoms with van der Waals surface area (Å²) in [5, 5.41) is 2.78. The molecule has 1 N–H and O–H groups in total. The van der Waals surface area contributed by atoms with E-state index < -0.39 is 22.5 Å². The van der Waals surface area contributed by atoms with Crippen molar-refractivity contribution in [2.24, 2.45) is 0 Å². The molecule has 2 fully saturated rings. The van der Waals surface area contributed by atoms with Crippen molar-refractivity contribution in [3.63, 3.8) is 0 Å². The zero-order chi connectivity index (χ0) is 24.1. The van der Waals surface area contributed by atoms with Gasteiger partial charge >= 0.3 is 6.61 Å². The van der Waals surface area contributed by atoms with Crippen molar-refractivity contribution in [3.8, 4) is 5.75 Å². The van der Waals surface area contributed by atoms with Crippen molar-refractivity contribution in [2.45, 2.75) is 11.5 Å². The quantitative estimate of drug-likeness (QED) is 0.628. The Kier molecular flexibility index (Phi) is 7.61. The Morgan fingerprint density at radius 2 is 1.56 bits per heavy atom. The summed E-state index contributed by atoms with van der Waals surface area (Å²) >= 11 is 0. The second-order valence-corrected chi connectivity index (χ2v) is 9.59. The first-order valence-corrected chi connectivity index (χ1v) is 12.2. The standard InChI is InChI=1S/C22H25F2N3O6S/c23-22(24)33-17-3-1-16(2-4-17)21(28)25-19-15-18(34(29,30)27-9-13-32-14-10-27)5-6-20(19)26-7-11-31-12-8-26/h1-6,15,22H,7-14H2,(H,25,28). The lowest BCUT2D eigenvalue weighted by atomic mass is 10.1. The highest BCUT2D eigenvalue weighted by atomic mass is 32.2. The van der Waals surface area contributed by atoms with Crippen LogP contribution < -0.4 is 15.0 Å². The number of amides is 1. The van der Waals surface area contributed by atoms with Gasteiger partial charge in [0.1, 0.15) is 5.75 Å². The van der Waals surface area contributed by atoms with Crippen molar-refractivity contribution in [1.82, 2.24) is 4.31 Å². The first kappa shape index (κ1) is 24.3. The third-order valence-corrected chi connectivity index (χ3v) is 7.41. The SMILES string of the molecule is O=C(Nc1cc(S(=O)(=O)N2CCOCC2)ccc1N1CCOCC1)c1ccc(OC(F)F)cc1. The first-order valence-electron chi connectivity index (χ1n) is 10.8. The minimum absolute atomic E-state index is 0.0578. The summed E-state index contributed by atoms with van der Waals surface area (Å²) in [6.07, 6.45) is 0. The molecule has 2 saturated heterocycles. The molecule has 0 radical (unpaired) electrons. The van der Waals surface area contributed by atoms with Gasteiger partial charge in [-0.1, -0.05) is 0 Å². The molecule has 0 unspecified atom stereocenters. The van der Waals surface area contributed by atoms with Crippen LogP contribution in [0.1, 0.15) is 10.4 Å². The van der Waals surface area contributed by atoms with Gasteiger partial charge in [0, 0.05) is 31.7 Å². The van der Waals surface area contributed by atoms with E-state index in [9.17, 15) is 22.0 Å². The Hall–Kier alpha value is -2.80. The number of morpholine rings is 2. The van der Waals surface area contributed by atoms with Crippen LogP contribution in [0.4, 0.5) is 20.2 Å². The first-order chi connectivity index (χ1) is 16.3. The predicted octanol–water partition coefficient (Wildman–Crippen LogP) is 2.40. The highest BCUT2D eigenvalue weighted by Gasteiger charge is 2.28. The molecule has 2 aliphatic heterocycles. The van der Waals surface area contributed by atoms with Crippen LogP contribution in [0.3, 0.4) is 0 Å². The van der Waals surface area contributed by atoms with Gasteiger partial charge < -0.3 is 24.4 Å². The van der Waals surface area contributed by atoms with Gasteiger partial charge in [0.15, 0.2) is 0 Å². The van der Waals surface area contributed by atoms with Crippen LogP contribution in [0.15, 0.2) is 47.4 Å². The number of sulfonamides is 1. The summed E-state index contributed by atoms with van der Waals surface area (Å²) in [7, 11) is -3.78. The smallest absolute Gasteiger partial charge is 0.387 e. The number of alkyl halides is 2. The minimum Gasteiger partial charge on any atom is -0.435 e. The number of carbonyl (C=O) groups excluding carboxylic acids is 1. The molecule has 2 aliphatic rings. The molecule has 0 aromatic heterocycles. The molecule has 0 aliphatic carbocycles. The number of halogens is 2. The molecular formula is C22H25F2N3O6S. The summed E-state index contributed by atoms with van der Waals surface area (Å²) in [5.41, 5.74) is 1.19. The second kappa shape index (κ2) is 10.6. The van der Waals surface area contributed by atoms with Gasteiger partial charge in [-0.3, -0.25) is 4.79 Å². The van der Waals surface area contributed by atoms with Crippen molar-refractivity contribution in [2.75, 3.05) is 62.8 Å². The van der Waals surface area contributed by atoms with Gasteiger partial charge in [-0.2, -0.15) is 13.1 Å². The van der Waals surface area contributed by atoms with Crippen LogP contribution in [0.5, 0.6) is 5.75 Å². The summed E-state index contributed by atoms with van der Waals surface area (Å²) in [6, 6.07) is 9.90. The fraction of sp³-hybridized carbons (Fsp3) is 0.409. The Labute approximate surface area is 196 Å². The number of hydrogen-bond acceptors (Lipinski definition) is 7. The Morgan fingerprint density at radius 3 is 2.18 bits per heavy atom. The molecule has 0 spiro atoms. The van der Waals surface area contributed by atoms with Crippen LogP contribution in [-0.2, 0) is 19.5 Å². The lowest BCUT2D eigenvalue weighted by molar-refractivity contribution is -0.0498. The Balaban J connectivity index is 1.62. The number of nitrogens with zero attached hydrogens (tertiary/aromatic N) is 2. The maximum atomic E-state index is 13.2. The van der Waals surface area contributed by atoms with Crippen LogP contribution in [-0.4, -0.2) is 77.8 Å². The summed E-state index contributed by atoms with van der Waals surface area (Å²) in [4.78, 5) is 15.0. The van der Waals surface area contributed by atoms with Crippen LogP contribution in [0, 0.1) is 0 Å². The molecule has 2 heterocycles. The maximum Gasteiger partial charge on any atom is 0.387 e. The summed E-state index contributed by atoms with van der Waals surface area (Å²) in [5.74, 6) is -0.585. The van der Waals surface area contributed by atoms with Gasteiger partial charge in [-0.05, 0) is 42.5 Å². The normalized spacial score (nSPS) is 17.6. The lowest BCUT2D eigenvalue weighted by Gasteiger charge is -2.31. The van der Waals surface area contributed by atoms with Crippen molar-refractivity contribution >= 4 is 27.3 Å². The number of nitrogens with one attached hydrogen (secondary N) is 1. The van der Waals surface area contributed by atoms with E-state index in [2.05, 4.69) is 10.1 Å². The number of rotatable bonds is 7. The second-order valence-electron chi connectivity index (χ2n) is 7.65. The fourth-order valence-corrected chi connectivity index (χ4v) is 5.21. The molecule has 34 heavy (non-hydrogen) atoms. The van der Waals surface area contributed by atoms with Crippen molar-refractivity contribution in [3.05, 3.63) is 48.0 Å². The van der Waals surface area contributed by atoms with Crippen LogP contribution in [0.2, 0.25) is 0 Å². The fourth-order valence-electron chi connectivity index (χ4n) is 3.77. The van der Waals surface area contributed by atoms with E-state index in [1.165, 1.54) is 40.7 Å². The van der Waals surface area contributed by atoms with Gasteiger partial charge in [0.25, 0.3) is 5.91 Å². The van der Waals surface area contributed by atoms with Gasteiger partial charge in [0.05, 0.1) is 42.7 Å². The molecule has 184 valence electrons. The van der Waals surface area contributed by atoms with E-state index in [0.29, 0.717) is 50.9 Å². The molecule has 0 saturated carbocycles. The van der Waals surface area contributed by atoms with Crippen molar-refractivity contribution < 1.29 is 36.2 Å². The zero-order valence-electron chi connectivity index (χ0n) is 18.3. The van der Waals surface area contributed by atoms with Gasteiger partial charge in [-0.15, -0.1) is 0 Å².